The van der Waals surface area contributed by atoms with Gasteiger partial charge in [-0.3, -0.25) is 9.59 Å². The lowest BCUT2D eigenvalue weighted by Gasteiger charge is -2.39. The molecule has 1 saturated heterocycles. The number of carbonyl (C=O) groups excluding carboxylic acids is 2. The minimum Gasteiger partial charge on any atom is -0.382 e. The van der Waals surface area contributed by atoms with E-state index >= 15 is 0 Å². The highest BCUT2D eigenvalue weighted by Gasteiger charge is 2.33. The van der Waals surface area contributed by atoms with E-state index in [1.165, 1.54) is 11.0 Å². The summed E-state index contributed by atoms with van der Waals surface area (Å²) >= 11 is 1.69. The monoisotopic (exact) mass is 619 g/mol. The number of thioether (sulfide) groups is 1. The van der Waals surface area contributed by atoms with E-state index in [2.05, 4.69) is 57.4 Å². The number of benzene rings is 2. The SMILES string of the molecule is CCCN1CC[C@@H](NCc2ccc(SC)cc2)[C@@H](NC(=O)CNC(=O)c2cc(C(F)(F)F)ccc2NC2CCCCC2)C1. The fraction of sp³-hybridized carbons (Fsp3) is 0.562. The number of alkyl halides is 3. The molecule has 4 rings (SSSR count). The average Bonchev–Trinajstić information content (AvgIpc) is 3.00. The summed E-state index contributed by atoms with van der Waals surface area (Å²) in [7, 11) is 0. The Labute approximate surface area is 257 Å². The van der Waals surface area contributed by atoms with Crippen molar-refractivity contribution in [1.29, 1.82) is 0 Å². The molecule has 0 unspecified atom stereocenters. The van der Waals surface area contributed by atoms with Crippen LogP contribution in [0, 0.1) is 0 Å². The molecule has 0 radical (unpaired) electrons. The molecule has 1 aliphatic carbocycles. The van der Waals surface area contributed by atoms with Crippen molar-refractivity contribution >= 4 is 29.3 Å². The number of nitrogens with zero attached hydrogens (tertiary/aromatic N) is 1. The van der Waals surface area contributed by atoms with E-state index in [-0.39, 0.29) is 36.1 Å². The molecule has 0 spiro atoms. The maximum Gasteiger partial charge on any atom is 0.416 e. The van der Waals surface area contributed by atoms with Crippen molar-refractivity contribution in [2.24, 2.45) is 0 Å². The number of nitrogens with one attached hydrogen (secondary N) is 4. The minimum absolute atomic E-state index is 0.0442. The summed E-state index contributed by atoms with van der Waals surface area (Å²) in [5, 5.41) is 12.5. The molecule has 236 valence electrons. The molecule has 1 saturated carbocycles. The second kappa shape index (κ2) is 15.8. The number of hydrogen-bond donors (Lipinski definition) is 4. The lowest BCUT2D eigenvalue weighted by Crippen LogP contribution is -2.60. The zero-order valence-corrected chi connectivity index (χ0v) is 25.9. The molecule has 1 aliphatic heterocycles. The molecule has 43 heavy (non-hydrogen) atoms. The number of amides is 2. The Morgan fingerprint density at radius 2 is 1.74 bits per heavy atom. The predicted molar refractivity (Wildman–Crippen MR) is 166 cm³/mol. The Balaban J connectivity index is 1.39. The number of hydrogen-bond acceptors (Lipinski definition) is 6. The molecule has 1 heterocycles. The first-order valence-electron chi connectivity index (χ1n) is 15.3. The van der Waals surface area contributed by atoms with Crippen molar-refractivity contribution in [3.63, 3.8) is 0 Å². The normalized spacial score (nSPS) is 20.0. The summed E-state index contributed by atoms with van der Waals surface area (Å²) in [6, 6.07) is 11.5. The zero-order valence-electron chi connectivity index (χ0n) is 25.1. The number of likely N-dealkylation sites (tertiary alicyclic amines) is 1. The Morgan fingerprint density at radius 3 is 2.42 bits per heavy atom. The van der Waals surface area contributed by atoms with Gasteiger partial charge in [-0.25, -0.2) is 0 Å². The van der Waals surface area contributed by atoms with Gasteiger partial charge in [-0.2, -0.15) is 13.2 Å². The first-order valence-corrected chi connectivity index (χ1v) is 16.5. The van der Waals surface area contributed by atoms with Crippen LogP contribution in [-0.2, 0) is 17.5 Å². The van der Waals surface area contributed by atoms with Crippen molar-refractivity contribution in [2.75, 3.05) is 37.8 Å². The lowest BCUT2D eigenvalue weighted by atomic mass is 9.95. The van der Waals surface area contributed by atoms with Crippen molar-refractivity contribution in [3.05, 3.63) is 59.2 Å². The van der Waals surface area contributed by atoms with Gasteiger partial charge >= 0.3 is 6.18 Å². The third kappa shape index (κ3) is 9.87. The van der Waals surface area contributed by atoms with Crippen LogP contribution < -0.4 is 21.3 Å². The van der Waals surface area contributed by atoms with Crippen LogP contribution in [0.5, 0.6) is 0 Å². The number of anilines is 1. The highest BCUT2D eigenvalue weighted by Crippen LogP contribution is 2.33. The minimum atomic E-state index is -4.58. The highest BCUT2D eigenvalue weighted by atomic mass is 32.2. The Bertz CT molecular complexity index is 1200. The van der Waals surface area contributed by atoms with E-state index in [1.807, 2.05) is 6.26 Å². The van der Waals surface area contributed by atoms with Crippen LogP contribution in [0.25, 0.3) is 0 Å². The summed E-state index contributed by atoms with van der Waals surface area (Å²) < 4.78 is 40.5. The van der Waals surface area contributed by atoms with E-state index in [4.69, 9.17) is 0 Å². The van der Waals surface area contributed by atoms with Crippen LogP contribution in [0.2, 0.25) is 0 Å². The van der Waals surface area contributed by atoms with Crippen LogP contribution in [0.3, 0.4) is 0 Å². The van der Waals surface area contributed by atoms with Crippen LogP contribution in [0.1, 0.15) is 73.4 Å². The van der Waals surface area contributed by atoms with Crippen molar-refractivity contribution in [2.45, 2.75) is 87.6 Å². The van der Waals surface area contributed by atoms with Gasteiger partial charge < -0.3 is 26.2 Å². The number of carbonyl (C=O) groups is 2. The van der Waals surface area contributed by atoms with Crippen LogP contribution in [0.15, 0.2) is 47.4 Å². The van der Waals surface area contributed by atoms with Gasteiger partial charge in [-0.05, 0) is 80.9 Å². The second-order valence-corrected chi connectivity index (χ2v) is 12.4. The third-order valence-corrected chi connectivity index (χ3v) is 9.02. The van der Waals surface area contributed by atoms with Crippen LogP contribution >= 0.6 is 11.8 Å². The number of rotatable bonds is 12. The Morgan fingerprint density at radius 1 is 1.00 bits per heavy atom. The zero-order chi connectivity index (χ0) is 30.8. The molecule has 7 nitrogen and oxygen atoms in total. The molecule has 0 bridgehead atoms. The van der Waals surface area contributed by atoms with Gasteiger partial charge in [-0.15, -0.1) is 11.8 Å². The van der Waals surface area contributed by atoms with Crippen LogP contribution in [-0.4, -0.2) is 67.3 Å². The topological polar surface area (TPSA) is 85.5 Å². The fourth-order valence-electron chi connectivity index (χ4n) is 5.94. The third-order valence-electron chi connectivity index (χ3n) is 8.28. The van der Waals surface area contributed by atoms with E-state index < -0.39 is 17.6 Å². The maximum atomic E-state index is 13.5. The standard InChI is InChI=1S/C32H44F3N5O2S/c1-3-16-40-17-15-28(36-19-22-9-12-25(43-2)13-10-22)29(21-40)39-30(41)20-37-31(42)26-18-23(32(33,34)35)11-14-27(26)38-24-7-5-4-6-8-24/h9-14,18,24,28-29,36,38H,3-8,15-17,19-21H2,1-2H3,(H,37,42)(H,39,41)/t28-,29+/m1/s1. The highest BCUT2D eigenvalue weighted by molar-refractivity contribution is 7.98. The summed E-state index contributed by atoms with van der Waals surface area (Å²) in [6.45, 7) is 4.99. The molecular weight excluding hydrogens is 575 g/mol. The fourth-order valence-corrected chi connectivity index (χ4v) is 6.34. The molecule has 2 atom stereocenters. The van der Waals surface area contributed by atoms with Gasteiger partial charge in [0.05, 0.1) is 23.7 Å². The Kier molecular flexibility index (Phi) is 12.2. The van der Waals surface area contributed by atoms with Gasteiger partial charge in [0.15, 0.2) is 0 Å². The largest absolute Gasteiger partial charge is 0.416 e. The van der Waals surface area contributed by atoms with E-state index in [9.17, 15) is 22.8 Å². The quantitative estimate of drug-likeness (QED) is 0.230. The lowest BCUT2D eigenvalue weighted by molar-refractivity contribution is -0.137. The van der Waals surface area contributed by atoms with Gasteiger partial charge in [0.1, 0.15) is 0 Å². The molecule has 4 N–H and O–H groups in total. The molecular formula is C32H44F3N5O2S. The van der Waals surface area contributed by atoms with E-state index in [1.54, 1.807) is 11.8 Å². The summed E-state index contributed by atoms with van der Waals surface area (Å²) in [4.78, 5) is 29.7. The Hall–Kier alpha value is -2.76. The second-order valence-electron chi connectivity index (χ2n) is 11.5. The number of halogens is 3. The first-order chi connectivity index (χ1) is 20.7. The molecule has 2 aromatic rings. The molecule has 11 heteroatoms. The van der Waals surface area contributed by atoms with E-state index in [0.717, 1.165) is 75.7 Å². The molecule has 2 amide bonds. The van der Waals surface area contributed by atoms with Crippen molar-refractivity contribution < 1.29 is 22.8 Å². The van der Waals surface area contributed by atoms with Gasteiger partial charge in [-0.1, -0.05) is 38.3 Å². The van der Waals surface area contributed by atoms with Gasteiger partial charge in [0, 0.05) is 35.8 Å². The molecule has 2 aliphatic rings. The molecule has 0 aromatic heterocycles. The van der Waals surface area contributed by atoms with Crippen LogP contribution in [0.4, 0.5) is 18.9 Å². The summed E-state index contributed by atoms with van der Waals surface area (Å²) in [5.41, 5.74) is 0.513. The van der Waals surface area contributed by atoms with Crippen molar-refractivity contribution in [1.82, 2.24) is 20.9 Å². The smallest absolute Gasteiger partial charge is 0.382 e. The number of piperidine rings is 1. The summed E-state index contributed by atoms with van der Waals surface area (Å²) in [5.74, 6) is -1.08. The van der Waals surface area contributed by atoms with Crippen molar-refractivity contribution in [3.8, 4) is 0 Å². The average molecular weight is 620 g/mol. The van der Waals surface area contributed by atoms with Gasteiger partial charge in [0.25, 0.3) is 5.91 Å². The predicted octanol–water partition coefficient (Wildman–Crippen LogP) is 5.66. The molecule has 2 fully saturated rings. The van der Waals surface area contributed by atoms with E-state index in [0.29, 0.717) is 18.8 Å². The summed E-state index contributed by atoms with van der Waals surface area (Å²) in [6.07, 6.45) is 4.34. The maximum absolute atomic E-state index is 13.5. The first kappa shape index (κ1) is 33.1. The van der Waals surface area contributed by atoms with Gasteiger partial charge in [0.2, 0.25) is 5.91 Å². The molecule has 2 aromatic carbocycles.